The summed E-state index contributed by atoms with van der Waals surface area (Å²) in [6.45, 7) is 8.24. The Morgan fingerprint density at radius 3 is 2.64 bits per heavy atom. The van der Waals surface area contributed by atoms with Crippen LogP contribution in [-0.4, -0.2) is 57.9 Å². The highest BCUT2D eigenvalue weighted by Crippen LogP contribution is 2.27. The fraction of sp³-hybridized carbons (Fsp3) is 0.600. The van der Waals surface area contributed by atoms with Crippen molar-refractivity contribution < 1.29 is 17.9 Å². The summed E-state index contributed by atoms with van der Waals surface area (Å²) in [6, 6.07) is 6.76. The number of amides is 1. The first-order valence-electron chi connectivity index (χ1n) is 9.61. The van der Waals surface area contributed by atoms with Crippen molar-refractivity contribution in [1.82, 2.24) is 4.90 Å². The average Bonchev–Trinajstić information content (AvgIpc) is 2.66. The van der Waals surface area contributed by atoms with Crippen molar-refractivity contribution in [2.75, 3.05) is 37.4 Å². The molecule has 0 N–H and O–H groups in total. The van der Waals surface area contributed by atoms with Gasteiger partial charge < -0.3 is 14.5 Å². The van der Waals surface area contributed by atoms with Crippen LogP contribution in [-0.2, 0) is 14.6 Å². The van der Waals surface area contributed by atoms with Crippen LogP contribution in [0.2, 0.25) is 0 Å². The molecule has 1 aliphatic rings. The number of piperazine rings is 1. The molecular formula is C20H29N3O4S. The maximum atomic E-state index is 12.5. The van der Waals surface area contributed by atoms with Crippen molar-refractivity contribution in [3.05, 3.63) is 23.8 Å². The lowest BCUT2D eigenvalue weighted by atomic mass is 9.99. The molecule has 1 saturated heterocycles. The molecule has 1 aromatic carbocycles. The van der Waals surface area contributed by atoms with Crippen LogP contribution in [0.1, 0.15) is 39.2 Å². The summed E-state index contributed by atoms with van der Waals surface area (Å²) in [5.74, 6) is 0.217. The summed E-state index contributed by atoms with van der Waals surface area (Å²) in [7, 11) is -3.51. The van der Waals surface area contributed by atoms with E-state index in [0.29, 0.717) is 26.2 Å². The Morgan fingerprint density at radius 2 is 2.07 bits per heavy atom. The predicted molar refractivity (Wildman–Crippen MR) is 108 cm³/mol. The number of ether oxygens (including phenoxy) is 1. The number of nitriles is 1. The van der Waals surface area contributed by atoms with Gasteiger partial charge in [0.1, 0.15) is 6.07 Å². The molecule has 1 aliphatic heterocycles. The van der Waals surface area contributed by atoms with Gasteiger partial charge in [-0.2, -0.15) is 5.26 Å². The van der Waals surface area contributed by atoms with Crippen LogP contribution >= 0.6 is 0 Å². The topological polar surface area (TPSA) is 90.7 Å². The highest BCUT2D eigenvalue weighted by Gasteiger charge is 2.33. The largest absolute Gasteiger partial charge is 0.449 e. The molecule has 0 bridgehead atoms. The van der Waals surface area contributed by atoms with Gasteiger partial charge in [-0.3, -0.25) is 0 Å². The van der Waals surface area contributed by atoms with E-state index < -0.39 is 9.84 Å². The van der Waals surface area contributed by atoms with Crippen LogP contribution in [0.5, 0.6) is 0 Å². The highest BCUT2D eigenvalue weighted by atomic mass is 32.2. The molecule has 154 valence electrons. The summed E-state index contributed by atoms with van der Waals surface area (Å²) >= 11 is 0. The molecule has 0 saturated carbocycles. The number of hydrogen-bond acceptors (Lipinski definition) is 6. The van der Waals surface area contributed by atoms with E-state index in [4.69, 9.17) is 4.74 Å². The Labute approximate surface area is 167 Å². The Balaban J connectivity index is 2.22. The zero-order valence-electron chi connectivity index (χ0n) is 17.0. The number of anilines is 1. The summed E-state index contributed by atoms with van der Waals surface area (Å²) in [6.07, 6.45) is 2.63. The van der Waals surface area contributed by atoms with Crippen molar-refractivity contribution in [2.24, 2.45) is 5.92 Å². The minimum atomic E-state index is -3.51. The molecule has 1 unspecified atom stereocenters. The molecule has 2 rings (SSSR count). The summed E-state index contributed by atoms with van der Waals surface area (Å²) in [5.41, 5.74) is 0.883. The van der Waals surface area contributed by atoms with Crippen LogP contribution in [0.3, 0.4) is 0 Å². The van der Waals surface area contributed by atoms with Gasteiger partial charge in [-0.25, -0.2) is 13.2 Å². The maximum absolute atomic E-state index is 12.5. The molecule has 1 heterocycles. The third-order valence-corrected chi connectivity index (χ3v) is 6.13. The molecule has 1 atom stereocenters. The van der Waals surface area contributed by atoms with Crippen LogP contribution in [0.4, 0.5) is 10.5 Å². The monoisotopic (exact) mass is 407 g/mol. The van der Waals surface area contributed by atoms with Crippen molar-refractivity contribution in [1.29, 1.82) is 5.26 Å². The van der Waals surface area contributed by atoms with Gasteiger partial charge >= 0.3 is 6.09 Å². The van der Waals surface area contributed by atoms with Crippen molar-refractivity contribution in [2.45, 2.75) is 44.6 Å². The molecular weight excluding hydrogens is 378 g/mol. The van der Waals surface area contributed by atoms with E-state index in [1.807, 2.05) is 13.0 Å². The van der Waals surface area contributed by atoms with Gasteiger partial charge in [0, 0.05) is 31.6 Å². The smallest absolute Gasteiger partial charge is 0.410 e. The number of benzene rings is 1. The number of sulfone groups is 1. The lowest BCUT2D eigenvalue weighted by Crippen LogP contribution is -2.57. The summed E-state index contributed by atoms with van der Waals surface area (Å²) in [4.78, 5) is 16.3. The molecule has 1 aromatic rings. The molecule has 0 aromatic heterocycles. The molecule has 7 nitrogen and oxygen atoms in total. The number of carbonyl (C=O) groups excluding carboxylic acids is 1. The fourth-order valence-corrected chi connectivity index (χ4v) is 4.18. The lowest BCUT2D eigenvalue weighted by Gasteiger charge is -2.43. The number of rotatable bonds is 6. The third kappa shape index (κ3) is 5.16. The zero-order chi connectivity index (χ0) is 20.9. The first-order chi connectivity index (χ1) is 13.2. The summed E-state index contributed by atoms with van der Waals surface area (Å²) in [5, 5.41) is 9.20. The molecule has 0 radical (unpaired) electrons. The van der Waals surface area contributed by atoms with E-state index in [1.165, 1.54) is 0 Å². The lowest BCUT2D eigenvalue weighted by molar-refractivity contribution is 0.0697. The van der Waals surface area contributed by atoms with E-state index in [2.05, 4.69) is 18.7 Å². The first-order valence-corrected chi connectivity index (χ1v) is 11.5. The fourth-order valence-electron chi connectivity index (χ4n) is 3.34. The average molecular weight is 408 g/mol. The Kier molecular flexibility index (Phi) is 7.30. The molecule has 28 heavy (non-hydrogen) atoms. The second-order valence-corrected chi connectivity index (χ2v) is 9.47. The van der Waals surface area contributed by atoms with Crippen LogP contribution < -0.4 is 4.90 Å². The minimum Gasteiger partial charge on any atom is -0.449 e. The predicted octanol–water partition coefficient (Wildman–Crippen LogP) is 3.05. The zero-order valence-corrected chi connectivity index (χ0v) is 17.8. The van der Waals surface area contributed by atoms with Gasteiger partial charge in [-0.15, -0.1) is 0 Å². The van der Waals surface area contributed by atoms with Crippen molar-refractivity contribution in [3.63, 3.8) is 0 Å². The van der Waals surface area contributed by atoms with Crippen LogP contribution in [0.25, 0.3) is 0 Å². The Bertz CT molecular complexity index is 845. The summed E-state index contributed by atoms with van der Waals surface area (Å²) < 4.78 is 29.5. The van der Waals surface area contributed by atoms with Gasteiger partial charge in [0.15, 0.2) is 9.84 Å². The maximum Gasteiger partial charge on any atom is 0.410 e. The van der Waals surface area contributed by atoms with Crippen LogP contribution in [0.15, 0.2) is 23.1 Å². The van der Waals surface area contributed by atoms with E-state index in [1.54, 1.807) is 23.1 Å². The van der Waals surface area contributed by atoms with Crippen molar-refractivity contribution in [3.8, 4) is 6.07 Å². The highest BCUT2D eigenvalue weighted by molar-refractivity contribution is 7.90. The molecule has 0 spiro atoms. The normalized spacial score (nSPS) is 17.5. The van der Waals surface area contributed by atoms with Crippen LogP contribution in [0, 0.1) is 17.2 Å². The molecule has 8 heteroatoms. The SMILES string of the molecule is CCCCOC(=O)N1CCN(c2ccc(C#N)c(S(C)(=O)=O)c2)CC1C(C)C. The van der Waals surface area contributed by atoms with Gasteiger partial charge in [0.25, 0.3) is 0 Å². The van der Waals surface area contributed by atoms with E-state index in [0.717, 1.165) is 24.8 Å². The van der Waals surface area contributed by atoms with E-state index >= 15 is 0 Å². The second kappa shape index (κ2) is 9.28. The number of unbranched alkanes of at least 4 members (excludes halogenated alkanes) is 1. The Morgan fingerprint density at radius 1 is 1.36 bits per heavy atom. The van der Waals surface area contributed by atoms with Gasteiger partial charge in [0.2, 0.25) is 0 Å². The van der Waals surface area contributed by atoms with E-state index in [-0.39, 0.29) is 28.5 Å². The molecule has 0 aliphatic carbocycles. The van der Waals surface area contributed by atoms with Gasteiger partial charge in [-0.05, 0) is 30.5 Å². The second-order valence-electron chi connectivity index (χ2n) is 7.48. The standard InChI is InChI=1S/C20H29N3O4S/c1-5-6-11-27-20(24)23-10-9-22(14-18(23)15(2)3)17-8-7-16(13-21)19(12-17)28(4,25)26/h7-8,12,15,18H,5-6,9-11,14H2,1-4H3. The van der Waals surface area contributed by atoms with Gasteiger partial charge in [0.05, 0.1) is 23.1 Å². The first kappa shape index (κ1) is 22.0. The molecule has 1 fully saturated rings. The number of hydrogen-bond donors (Lipinski definition) is 0. The van der Waals surface area contributed by atoms with Gasteiger partial charge in [-0.1, -0.05) is 27.2 Å². The number of nitrogens with zero attached hydrogens (tertiary/aromatic N) is 3. The van der Waals surface area contributed by atoms with Crippen molar-refractivity contribution >= 4 is 21.6 Å². The van der Waals surface area contributed by atoms with E-state index in [9.17, 15) is 18.5 Å². The third-order valence-electron chi connectivity index (χ3n) is 5.00. The molecule has 1 amide bonds. The number of carbonyl (C=O) groups is 1. The quantitative estimate of drug-likeness (QED) is 0.673. The minimum absolute atomic E-state index is 0.0370. The Hall–Kier alpha value is -2.27.